The molecule has 0 heterocycles. The molecule has 0 aliphatic carbocycles. The number of thiol groups is 1. The Morgan fingerprint density at radius 2 is 1.94 bits per heavy atom. The molecule has 1 aromatic carbocycles. The zero-order chi connectivity index (χ0) is 12.5. The Balaban J connectivity index is 3.36. The molecule has 0 saturated heterocycles. The number of anilines is 1. The summed E-state index contributed by atoms with van der Waals surface area (Å²) < 4.78 is 37.5. The van der Waals surface area contributed by atoms with Crippen LogP contribution in [-0.4, -0.2) is 5.71 Å². The minimum absolute atomic E-state index is 0.0187. The summed E-state index contributed by atoms with van der Waals surface area (Å²) in [4.78, 5) is 0.0611. The topological polar surface area (TPSA) is 49.9 Å². The van der Waals surface area contributed by atoms with E-state index in [1.54, 1.807) is 0 Å². The molecule has 0 unspecified atom stereocenters. The molecular weight excluding hydrogens is 237 g/mol. The van der Waals surface area contributed by atoms with Crippen LogP contribution in [-0.2, 0) is 6.18 Å². The number of allylic oxidation sites excluding steroid dienone is 1. The molecule has 0 aliphatic heterocycles. The zero-order valence-electron chi connectivity index (χ0n) is 8.10. The number of rotatable bonds is 2. The van der Waals surface area contributed by atoms with Crippen molar-refractivity contribution in [2.75, 3.05) is 5.73 Å². The molecule has 1 rings (SSSR count). The van der Waals surface area contributed by atoms with E-state index in [1.165, 1.54) is 12.1 Å². The Labute approximate surface area is 95.9 Å². The number of para-hydroxylation sites is 1. The molecule has 0 aliphatic rings. The predicted molar refractivity (Wildman–Crippen MR) is 60.8 cm³/mol. The summed E-state index contributed by atoms with van der Waals surface area (Å²) in [6.07, 6.45) is -4.53. The normalized spacial score (nSPS) is 11.2. The molecule has 0 atom stereocenters. The minimum Gasteiger partial charge on any atom is -0.398 e. The van der Waals surface area contributed by atoms with E-state index in [-0.39, 0.29) is 16.2 Å². The summed E-state index contributed by atoms with van der Waals surface area (Å²) in [5.41, 5.74) is 3.71. The maximum absolute atomic E-state index is 12.5. The van der Waals surface area contributed by atoms with Gasteiger partial charge in [-0.1, -0.05) is 18.7 Å². The second-order valence-electron chi connectivity index (χ2n) is 3.09. The van der Waals surface area contributed by atoms with Gasteiger partial charge in [0.2, 0.25) is 0 Å². The van der Waals surface area contributed by atoms with Gasteiger partial charge in [-0.15, -0.1) is 12.6 Å². The van der Waals surface area contributed by atoms with Crippen LogP contribution in [0.15, 0.2) is 29.7 Å². The molecule has 1 aromatic rings. The van der Waals surface area contributed by atoms with Crippen molar-refractivity contribution in [3.8, 4) is 0 Å². The average Bonchev–Trinajstić information content (AvgIpc) is 2.15. The van der Waals surface area contributed by atoms with E-state index in [4.69, 9.17) is 11.1 Å². The highest BCUT2D eigenvalue weighted by atomic mass is 32.1. The van der Waals surface area contributed by atoms with Gasteiger partial charge in [0, 0.05) is 10.5 Å². The maximum Gasteiger partial charge on any atom is 0.418 e. The van der Waals surface area contributed by atoms with E-state index in [0.717, 1.165) is 6.07 Å². The molecule has 0 aromatic heterocycles. The number of hydrogen-bond acceptors (Lipinski definition) is 3. The number of benzene rings is 1. The van der Waals surface area contributed by atoms with E-state index < -0.39 is 17.4 Å². The van der Waals surface area contributed by atoms with Crippen LogP contribution in [0, 0.1) is 5.41 Å². The molecule has 16 heavy (non-hydrogen) atoms. The van der Waals surface area contributed by atoms with Gasteiger partial charge in [-0.05, 0) is 6.07 Å². The number of halogens is 3. The first kappa shape index (κ1) is 12.6. The largest absolute Gasteiger partial charge is 0.418 e. The average molecular weight is 246 g/mol. The Morgan fingerprint density at radius 1 is 1.38 bits per heavy atom. The number of nitrogens with two attached hydrogens (primary N) is 1. The lowest BCUT2D eigenvalue weighted by Gasteiger charge is -2.13. The molecule has 0 spiro atoms. The zero-order valence-corrected chi connectivity index (χ0v) is 8.99. The minimum atomic E-state index is -4.53. The van der Waals surface area contributed by atoms with Crippen LogP contribution < -0.4 is 5.73 Å². The van der Waals surface area contributed by atoms with Crippen molar-refractivity contribution in [1.29, 1.82) is 5.41 Å². The first-order valence-electron chi connectivity index (χ1n) is 4.18. The monoisotopic (exact) mass is 246 g/mol. The highest BCUT2D eigenvalue weighted by molar-refractivity contribution is 7.85. The van der Waals surface area contributed by atoms with Gasteiger partial charge in [0.15, 0.2) is 0 Å². The molecule has 0 fully saturated rings. The van der Waals surface area contributed by atoms with Crippen LogP contribution in [0.25, 0.3) is 0 Å². The molecule has 6 heteroatoms. The van der Waals surface area contributed by atoms with E-state index >= 15 is 0 Å². The quantitative estimate of drug-likeness (QED) is 0.419. The van der Waals surface area contributed by atoms with Gasteiger partial charge in [0.1, 0.15) is 0 Å². The summed E-state index contributed by atoms with van der Waals surface area (Å²) in [5, 5.41) is 7.50. The van der Waals surface area contributed by atoms with Crippen LogP contribution in [0.5, 0.6) is 0 Å². The Bertz CT molecular complexity index is 452. The highest BCUT2D eigenvalue weighted by Gasteiger charge is 2.33. The molecular formula is C10H9F3N2S. The van der Waals surface area contributed by atoms with Crippen LogP contribution in [0.4, 0.5) is 18.9 Å². The second-order valence-corrected chi connectivity index (χ2v) is 3.63. The molecule has 3 N–H and O–H groups in total. The van der Waals surface area contributed by atoms with Crippen LogP contribution in [0.2, 0.25) is 0 Å². The lowest BCUT2D eigenvalue weighted by molar-refractivity contribution is -0.136. The van der Waals surface area contributed by atoms with Gasteiger partial charge in [0.25, 0.3) is 0 Å². The first-order valence-corrected chi connectivity index (χ1v) is 4.62. The van der Waals surface area contributed by atoms with Gasteiger partial charge in [-0.3, -0.25) is 5.41 Å². The van der Waals surface area contributed by atoms with Crippen molar-refractivity contribution in [3.63, 3.8) is 0 Å². The molecule has 0 amide bonds. The summed E-state index contributed by atoms with van der Waals surface area (Å²) in [5.74, 6) is 0. The van der Waals surface area contributed by atoms with Gasteiger partial charge in [-0.25, -0.2) is 0 Å². The summed E-state index contributed by atoms with van der Waals surface area (Å²) >= 11 is 3.80. The molecule has 0 bridgehead atoms. The Hall–Kier alpha value is -1.43. The number of hydrogen-bond donors (Lipinski definition) is 3. The van der Waals surface area contributed by atoms with E-state index in [9.17, 15) is 13.2 Å². The standard InChI is InChI=1S/C10H9F3N2S/c1-5(16)8(14)6-3-2-4-7(9(6)15)10(11,12)13/h2-4,14,16H,1,15H2. The number of alkyl halides is 3. The predicted octanol–water partition coefficient (Wildman–Crippen LogP) is 3.10. The van der Waals surface area contributed by atoms with Crippen LogP contribution in [0.1, 0.15) is 11.1 Å². The summed E-state index contributed by atoms with van der Waals surface area (Å²) in [7, 11) is 0. The fourth-order valence-electron chi connectivity index (χ4n) is 1.19. The van der Waals surface area contributed by atoms with E-state index in [1.807, 2.05) is 0 Å². The third-order valence-corrected chi connectivity index (χ3v) is 2.19. The number of nitrogen functional groups attached to an aromatic ring is 1. The fourth-order valence-corrected chi connectivity index (χ4v) is 1.31. The Kier molecular flexibility index (Phi) is 3.32. The molecule has 0 saturated carbocycles. The van der Waals surface area contributed by atoms with Gasteiger partial charge in [-0.2, -0.15) is 13.2 Å². The maximum atomic E-state index is 12.5. The third-order valence-electron chi connectivity index (χ3n) is 1.97. The van der Waals surface area contributed by atoms with E-state index in [0.29, 0.717) is 0 Å². The lowest BCUT2D eigenvalue weighted by Crippen LogP contribution is -2.13. The van der Waals surface area contributed by atoms with Crippen molar-refractivity contribution in [1.82, 2.24) is 0 Å². The number of nitrogens with one attached hydrogen (secondary N) is 1. The molecule has 2 nitrogen and oxygen atoms in total. The lowest BCUT2D eigenvalue weighted by atomic mass is 10.0. The fraction of sp³-hybridized carbons (Fsp3) is 0.100. The van der Waals surface area contributed by atoms with Crippen molar-refractivity contribution in [3.05, 3.63) is 40.8 Å². The third kappa shape index (κ3) is 2.38. The van der Waals surface area contributed by atoms with Crippen molar-refractivity contribution >= 4 is 24.0 Å². The van der Waals surface area contributed by atoms with E-state index in [2.05, 4.69) is 19.2 Å². The summed E-state index contributed by atoms with van der Waals surface area (Å²) in [6, 6.07) is 3.39. The Morgan fingerprint density at radius 3 is 2.38 bits per heavy atom. The van der Waals surface area contributed by atoms with Crippen molar-refractivity contribution in [2.24, 2.45) is 0 Å². The van der Waals surface area contributed by atoms with Gasteiger partial charge < -0.3 is 5.73 Å². The van der Waals surface area contributed by atoms with Crippen LogP contribution in [0.3, 0.4) is 0 Å². The SMILES string of the molecule is C=C(S)C(=N)c1cccc(C(F)(F)F)c1N. The summed E-state index contributed by atoms with van der Waals surface area (Å²) in [6.45, 7) is 3.37. The van der Waals surface area contributed by atoms with Gasteiger partial charge in [0.05, 0.1) is 17.0 Å². The smallest absolute Gasteiger partial charge is 0.398 e. The molecule has 0 radical (unpaired) electrons. The first-order chi connectivity index (χ1) is 7.25. The van der Waals surface area contributed by atoms with Crippen LogP contribution >= 0.6 is 12.6 Å². The molecule has 86 valence electrons. The second kappa shape index (κ2) is 4.21. The van der Waals surface area contributed by atoms with Crippen molar-refractivity contribution in [2.45, 2.75) is 6.18 Å². The van der Waals surface area contributed by atoms with Gasteiger partial charge >= 0.3 is 6.18 Å². The van der Waals surface area contributed by atoms with Crippen molar-refractivity contribution < 1.29 is 13.2 Å². The highest BCUT2D eigenvalue weighted by Crippen LogP contribution is 2.35.